The van der Waals surface area contributed by atoms with Gasteiger partial charge in [0.25, 0.3) is 5.91 Å². The van der Waals surface area contributed by atoms with Gasteiger partial charge < -0.3 is 15.4 Å². The lowest BCUT2D eigenvalue weighted by molar-refractivity contribution is -0.140. The van der Waals surface area contributed by atoms with Gasteiger partial charge in [-0.1, -0.05) is 12.5 Å². The third-order valence-corrected chi connectivity index (χ3v) is 7.64. The first-order valence-electron chi connectivity index (χ1n) is 9.57. The second-order valence-corrected chi connectivity index (χ2v) is 9.25. The molecule has 3 rings (SSSR count). The number of rotatable bonds is 5. The summed E-state index contributed by atoms with van der Waals surface area (Å²) in [4.78, 5) is 13.1. The van der Waals surface area contributed by atoms with Crippen molar-refractivity contribution in [1.29, 1.82) is 0 Å². The Hall–Kier alpha value is -1.48. The number of amides is 1. The van der Waals surface area contributed by atoms with Gasteiger partial charge in [0.05, 0.1) is 4.90 Å². The fourth-order valence-corrected chi connectivity index (χ4v) is 5.57. The van der Waals surface area contributed by atoms with Gasteiger partial charge in [0, 0.05) is 25.9 Å². The molecule has 2 N–H and O–H groups in total. The van der Waals surface area contributed by atoms with E-state index in [2.05, 4.69) is 10.6 Å². The molecule has 2 saturated heterocycles. The van der Waals surface area contributed by atoms with Crippen LogP contribution >= 0.6 is 0 Å². The van der Waals surface area contributed by atoms with Crippen LogP contribution in [0.5, 0.6) is 0 Å². The Bertz CT molecular complexity index is 782. The van der Waals surface area contributed by atoms with Gasteiger partial charge in [-0.05, 0) is 63.4 Å². The van der Waals surface area contributed by atoms with Crippen molar-refractivity contribution in [2.75, 3.05) is 38.6 Å². The molecule has 0 radical (unpaired) electrons. The highest BCUT2D eigenvalue weighted by Crippen LogP contribution is 2.28. The maximum absolute atomic E-state index is 13.0. The summed E-state index contributed by atoms with van der Waals surface area (Å²) >= 11 is 0. The van der Waals surface area contributed by atoms with Gasteiger partial charge >= 0.3 is 0 Å². The highest BCUT2D eigenvalue weighted by molar-refractivity contribution is 7.89. The molecule has 1 aromatic rings. The molecule has 0 aromatic heterocycles. The molecular formula is C19H29N3O4S. The summed E-state index contributed by atoms with van der Waals surface area (Å²) in [5.41, 5.74) is 0.292. The van der Waals surface area contributed by atoms with Crippen molar-refractivity contribution in [3.63, 3.8) is 0 Å². The Morgan fingerprint density at radius 1 is 1.19 bits per heavy atom. The highest BCUT2D eigenvalue weighted by atomic mass is 32.2. The van der Waals surface area contributed by atoms with Crippen molar-refractivity contribution in [2.45, 2.75) is 49.5 Å². The van der Waals surface area contributed by atoms with Crippen LogP contribution in [0.25, 0.3) is 0 Å². The molecular weight excluding hydrogens is 366 g/mol. The van der Waals surface area contributed by atoms with Crippen LogP contribution in [0.3, 0.4) is 0 Å². The minimum absolute atomic E-state index is 0.225. The van der Waals surface area contributed by atoms with E-state index in [1.165, 1.54) is 0 Å². The molecule has 1 aromatic carbocycles. The minimum Gasteiger partial charge on any atom is -0.368 e. The molecule has 2 fully saturated rings. The predicted molar refractivity (Wildman–Crippen MR) is 104 cm³/mol. The van der Waals surface area contributed by atoms with Crippen molar-refractivity contribution in [3.8, 4) is 0 Å². The van der Waals surface area contributed by atoms with Crippen LogP contribution in [0, 0.1) is 6.92 Å². The molecule has 150 valence electrons. The number of anilines is 1. The molecule has 1 amide bonds. The van der Waals surface area contributed by atoms with Gasteiger partial charge in [0.2, 0.25) is 10.0 Å². The second kappa shape index (κ2) is 8.26. The van der Waals surface area contributed by atoms with Gasteiger partial charge in [0.15, 0.2) is 0 Å². The number of aryl methyl sites for hydroxylation is 1. The van der Waals surface area contributed by atoms with Crippen LogP contribution in [0.1, 0.15) is 37.7 Å². The molecule has 7 nitrogen and oxygen atoms in total. The molecule has 0 saturated carbocycles. The van der Waals surface area contributed by atoms with Gasteiger partial charge in [-0.15, -0.1) is 0 Å². The van der Waals surface area contributed by atoms with Crippen LogP contribution in [0.15, 0.2) is 23.1 Å². The Labute approximate surface area is 161 Å². The Balaban J connectivity index is 1.83. The number of hydrogen-bond acceptors (Lipinski definition) is 5. The lowest BCUT2D eigenvalue weighted by Crippen LogP contribution is -2.51. The average molecular weight is 396 g/mol. The van der Waals surface area contributed by atoms with E-state index in [0.29, 0.717) is 50.3 Å². The number of methoxy groups -OCH3 is 1. The number of benzene rings is 1. The third kappa shape index (κ3) is 4.18. The monoisotopic (exact) mass is 395 g/mol. The van der Waals surface area contributed by atoms with Crippen molar-refractivity contribution >= 4 is 21.6 Å². The molecule has 0 unspecified atom stereocenters. The summed E-state index contributed by atoms with van der Waals surface area (Å²) in [5.74, 6) is -0.225. The van der Waals surface area contributed by atoms with E-state index in [4.69, 9.17) is 4.74 Å². The maximum Gasteiger partial charge on any atom is 0.256 e. The summed E-state index contributed by atoms with van der Waals surface area (Å²) in [6.45, 7) is 4.32. The number of carbonyl (C=O) groups excluding carboxylic acids is 1. The van der Waals surface area contributed by atoms with E-state index in [1.54, 1.807) is 36.5 Å². The standard InChI is InChI=1S/C19H29N3O4S/c1-15-6-7-16(21-18(23)19(26-2)8-10-20-11-9-19)14-17(15)27(24,25)22-12-4-3-5-13-22/h6-7,14,20H,3-5,8-13H2,1-2H3,(H,21,23). The van der Waals surface area contributed by atoms with Crippen LogP contribution in [0.2, 0.25) is 0 Å². The largest absolute Gasteiger partial charge is 0.368 e. The van der Waals surface area contributed by atoms with E-state index in [9.17, 15) is 13.2 Å². The van der Waals surface area contributed by atoms with Crippen molar-refractivity contribution < 1.29 is 17.9 Å². The summed E-state index contributed by atoms with van der Waals surface area (Å²) in [5, 5.41) is 6.09. The van der Waals surface area contributed by atoms with Crippen molar-refractivity contribution in [2.24, 2.45) is 0 Å². The zero-order chi connectivity index (χ0) is 19.5. The molecule has 8 heteroatoms. The molecule has 0 bridgehead atoms. The van der Waals surface area contributed by atoms with Crippen molar-refractivity contribution in [3.05, 3.63) is 23.8 Å². The van der Waals surface area contributed by atoms with Gasteiger partial charge in [-0.25, -0.2) is 8.42 Å². The highest BCUT2D eigenvalue weighted by Gasteiger charge is 2.40. The number of piperidine rings is 2. The molecule has 0 aliphatic carbocycles. The first kappa shape index (κ1) is 20.3. The predicted octanol–water partition coefficient (Wildman–Crippen LogP) is 1.88. The Morgan fingerprint density at radius 3 is 2.48 bits per heavy atom. The maximum atomic E-state index is 13.0. The lowest BCUT2D eigenvalue weighted by Gasteiger charge is -2.34. The first-order valence-corrected chi connectivity index (χ1v) is 11.0. The first-order chi connectivity index (χ1) is 12.9. The fourth-order valence-electron chi connectivity index (χ4n) is 3.80. The third-order valence-electron chi connectivity index (χ3n) is 5.59. The topological polar surface area (TPSA) is 87.7 Å². The summed E-state index contributed by atoms with van der Waals surface area (Å²) in [7, 11) is -2.01. The number of sulfonamides is 1. The van der Waals surface area contributed by atoms with Crippen LogP contribution in [-0.4, -0.2) is 57.5 Å². The van der Waals surface area contributed by atoms with Crippen LogP contribution in [0.4, 0.5) is 5.69 Å². The van der Waals surface area contributed by atoms with Crippen LogP contribution < -0.4 is 10.6 Å². The molecule has 2 aliphatic heterocycles. The van der Waals surface area contributed by atoms with Gasteiger partial charge in [-0.3, -0.25) is 4.79 Å². The van der Waals surface area contributed by atoms with E-state index in [0.717, 1.165) is 19.3 Å². The minimum atomic E-state index is -3.56. The van der Waals surface area contributed by atoms with Gasteiger partial charge in [-0.2, -0.15) is 4.31 Å². The Morgan fingerprint density at radius 2 is 1.85 bits per heavy atom. The lowest BCUT2D eigenvalue weighted by atomic mass is 9.91. The zero-order valence-electron chi connectivity index (χ0n) is 16.1. The smallest absolute Gasteiger partial charge is 0.256 e. The molecule has 2 heterocycles. The van der Waals surface area contributed by atoms with Crippen molar-refractivity contribution in [1.82, 2.24) is 9.62 Å². The average Bonchev–Trinajstić information content (AvgIpc) is 2.70. The van der Waals surface area contributed by atoms with E-state index < -0.39 is 15.6 Å². The number of ether oxygens (including phenoxy) is 1. The zero-order valence-corrected chi connectivity index (χ0v) is 16.9. The summed E-state index contributed by atoms with van der Waals surface area (Å²) in [6, 6.07) is 5.06. The molecule has 0 atom stereocenters. The summed E-state index contributed by atoms with van der Waals surface area (Å²) < 4.78 is 33.2. The van der Waals surface area contributed by atoms with E-state index >= 15 is 0 Å². The molecule has 27 heavy (non-hydrogen) atoms. The molecule has 0 spiro atoms. The second-order valence-electron chi connectivity index (χ2n) is 7.35. The normalized spacial score (nSPS) is 21.0. The summed E-state index contributed by atoms with van der Waals surface area (Å²) in [6.07, 6.45) is 4.01. The Kier molecular flexibility index (Phi) is 6.20. The SMILES string of the molecule is COC1(C(=O)Nc2ccc(C)c(S(=O)(=O)N3CCCCC3)c2)CCNCC1. The molecule has 2 aliphatic rings. The van der Waals surface area contributed by atoms with Crippen LogP contribution in [-0.2, 0) is 19.6 Å². The van der Waals surface area contributed by atoms with E-state index in [1.807, 2.05) is 0 Å². The quantitative estimate of drug-likeness (QED) is 0.795. The van der Waals surface area contributed by atoms with Gasteiger partial charge in [0.1, 0.15) is 5.60 Å². The number of nitrogens with zero attached hydrogens (tertiary/aromatic N) is 1. The number of carbonyl (C=O) groups is 1. The van der Waals surface area contributed by atoms with E-state index in [-0.39, 0.29) is 10.8 Å². The number of hydrogen-bond donors (Lipinski definition) is 2. The fraction of sp³-hybridized carbons (Fsp3) is 0.632. The number of nitrogens with one attached hydrogen (secondary N) is 2.